The zero-order valence-electron chi connectivity index (χ0n) is 8.55. The first-order valence-corrected chi connectivity index (χ1v) is 6.81. The van der Waals surface area contributed by atoms with Crippen LogP contribution in [0.3, 0.4) is 0 Å². The minimum absolute atomic E-state index is 0.549. The molecule has 3 rings (SSSR count). The Morgan fingerprint density at radius 3 is 2.93 bits per heavy atom. The van der Waals surface area contributed by atoms with Gasteiger partial charge in [0.2, 0.25) is 0 Å². The quantitative estimate of drug-likeness (QED) is 0.734. The van der Waals surface area contributed by atoms with Crippen LogP contribution in [-0.2, 0) is 0 Å². The Morgan fingerprint density at radius 2 is 2.20 bits per heavy atom. The van der Waals surface area contributed by atoms with Gasteiger partial charge in [-0.3, -0.25) is 0 Å². The lowest BCUT2D eigenvalue weighted by Gasteiger charge is -2.40. The topological polar surface area (TPSA) is 12.0 Å². The molecule has 1 nitrogen and oxygen atoms in total. The van der Waals surface area contributed by atoms with Crippen LogP contribution in [0.5, 0.6) is 0 Å². The molecule has 3 heteroatoms. The lowest BCUT2D eigenvalue weighted by molar-refractivity contribution is 0.187. The summed E-state index contributed by atoms with van der Waals surface area (Å²) in [6.45, 7) is 1.12. The molecule has 1 aliphatic heterocycles. The van der Waals surface area contributed by atoms with Gasteiger partial charge in [0.15, 0.2) is 0 Å². The molecule has 1 aliphatic carbocycles. The molecule has 0 radical (unpaired) electrons. The average Bonchev–Trinajstić information content (AvgIpc) is 2.37. The summed E-state index contributed by atoms with van der Waals surface area (Å²) in [6.07, 6.45) is 4.14. The maximum atomic E-state index is 6.21. The fourth-order valence-corrected chi connectivity index (χ4v) is 4.03. The molecule has 0 unspecified atom stereocenters. The van der Waals surface area contributed by atoms with Gasteiger partial charge >= 0.3 is 0 Å². The number of thioether (sulfide) groups is 1. The van der Waals surface area contributed by atoms with Crippen molar-refractivity contribution in [3.63, 3.8) is 0 Å². The fourth-order valence-electron chi connectivity index (χ4n) is 2.35. The number of fused-ring (bicyclic) bond motifs is 1. The van der Waals surface area contributed by atoms with Gasteiger partial charge in [-0.05, 0) is 30.4 Å². The molecule has 1 fully saturated rings. The van der Waals surface area contributed by atoms with Crippen molar-refractivity contribution in [1.29, 1.82) is 0 Å². The molecule has 1 heterocycles. The van der Waals surface area contributed by atoms with E-state index in [0.29, 0.717) is 5.41 Å². The van der Waals surface area contributed by atoms with Crippen molar-refractivity contribution in [3.05, 3.63) is 23.2 Å². The van der Waals surface area contributed by atoms with E-state index >= 15 is 0 Å². The van der Waals surface area contributed by atoms with Gasteiger partial charge in [-0.15, -0.1) is 11.8 Å². The number of benzene rings is 1. The van der Waals surface area contributed by atoms with Crippen LogP contribution in [0.25, 0.3) is 0 Å². The molecule has 0 amide bonds. The van der Waals surface area contributed by atoms with E-state index in [-0.39, 0.29) is 0 Å². The van der Waals surface area contributed by atoms with E-state index < -0.39 is 0 Å². The van der Waals surface area contributed by atoms with Gasteiger partial charge < -0.3 is 5.32 Å². The molecule has 1 aromatic rings. The summed E-state index contributed by atoms with van der Waals surface area (Å²) in [5.41, 5.74) is 1.77. The van der Waals surface area contributed by atoms with E-state index in [1.165, 1.54) is 35.6 Å². The van der Waals surface area contributed by atoms with Crippen molar-refractivity contribution in [1.82, 2.24) is 0 Å². The normalized spacial score (nSPS) is 22.5. The van der Waals surface area contributed by atoms with Crippen molar-refractivity contribution in [2.45, 2.75) is 24.2 Å². The van der Waals surface area contributed by atoms with Crippen LogP contribution in [0.2, 0.25) is 5.02 Å². The van der Waals surface area contributed by atoms with Crippen LogP contribution in [0.4, 0.5) is 5.69 Å². The highest BCUT2D eigenvalue weighted by molar-refractivity contribution is 7.99. The molecule has 0 aromatic heterocycles. The van der Waals surface area contributed by atoms with Crippen molar-refractivity contribution < 1.29 is 0 Å². The van der Waals surface area contributed by atoms with E-state index in [1.807, 2.05) is 23.9 Å². The Morgan fingerprint density at radius 1 is 1.33 bits per heavy atom. The molecule has 2 aliphatic rings. The second-order valence-electron chi connectivity index (χ2n) is 4.61. The molecule has 1 aromatic carbocycles. The SMILES string of the molecule is Clc1cccc2c1SCC1(CCC1)CN2. The lowest BCUT2D eigenvalue weighted by atomic mass is 9.70. The summed E-state index contributed by atoms with van der Waals surface area (Å²) in [4.78, 5) is 1.24. The third-order valence-corrected chi connectivity index (χ3v) is 5.47. The third kappa shape index (κ3) is 1.64. The first-order chi connectivity index (χ1) is 7.29. The van der Waals surface area contributed by atoms with Crippen molar-refractivity contribution >= 4 is 29.1 Å². The smallest absolute Gasteiger partial charge is 0.0562 e. The van der Waals surface area contributed by atoms with Gasteiger partial charge in [0.05, 0.1) is 5.02 Å². The van der Waals surface area contributed by atoms with Crippen molar-refractivity contribution in [2.24, 2.45) is 5.41 Å². The van der Waals surface area contributed by atoms with Crippen LogP contribution in [0, 0.1) is 5.41 Å². The molecule has 1 saturated carbocycles. The molecule has 1 spiro atoms. The highest BCUT2D eigenvalue weighted by atomic mass is 35.5. The van der Waals surface area contributed by atoms with Crippen LogP contribution >= 0.6 is 23.4 Å². The monoisotopic (exact) mass is 239 g/mol. The van der Waals surface area contributed by atoms with E-state index in [9.17, 15) is 0 Å². The molecular weight excluding hydrogens is 226 g/mol. The molecule has 80 valence electrons. The zero-order chi connectivity index (χ0) is 10.3. The Labute approximate surface area is 99.6 Å². The Bertz CT molecular complexity index is 387. The third-order valence-electron chi connectivity index (χ3n) is 3.56. The molecular formula is C12H14ClNS. The molecule has 0 atom stereocenters. The number of hydrogen-bond donors (Lipinski definition) is 1. The minimum Gasteiger partial charge on any atom is -0.384 e. The number of halogens is 1. The Kier molecular flexibility index (Phi) is 2.37. The fraction of sp³-hybridized carbons (Fsp3) is 0.500. The minimum atomic E-state index is 0.549. The largest absolute Gasteiger partial charge is 0.384 e. The zero-order valence-corrected chi connectivity index (χ0v) is 10.1. The summed E-state index contributed by atoms with van der Waals surface area (Å²) in [5.74, 6) is 1.22. The first kappa shape index (κ1) is 9.86. The highest BCUT2D eigenvalue weighted by Crippen LogP contribution is 2.49. The standard InChI is InChI=1S/C12H14ClNS/c13-9-3-1-4-10-11(9)15-8-12(7-14-10)5-2-6-12/h1,3-4,14H,2,5-8H2. The van der Waals surface area contributed by atoms with E-state index in [2.05, 4.69) is 11.4 Å². The maximum absolute atomic E-state index is 6.21. The molecule has 0 bridgehead atoms. The van der Waals surface area contributed by atoms with Gasteiger partial charge in [-0.1, -0.05) is 24.1 Å². The molecule has 15 heavy (non-hydrogen) atoms. The number of anilines is 1. The van der Waals surface area contributed by atoms with E-state index in [1.54, 1.807) is 0 Å². The summed E-state index contributed by atoms with van der Waals surface area (Å²) in [5, 5.41) is 4.44. The van der Waals surface area contributed by atoms with Gasteiger partial charge in [0, 0.05) is 22.9 Å². The summed E-state index contributed by atoms with van der Waals surface area (Å²) in [6, 6.07) is 6.13. The summed E-state index contributed by atoms with van der Waals surface area (Å²) in [7, 11) is 0. The van der Waals surface area contributed by atoms with Gasteiger partial charge in [0.1, 0.15) is 0 Å². The average molecular weight is 240 g/mol. The number of rotatable bonds is 0. The Hall–Kier alpha value is -0.340. The van der Waals surface area contributed by atoms with Crippen LogP contribution < -0.4 is 5.32 Å². The van der Waals surface area contributed by atoms with Gasteiger partial charge in [0.25, 0.3) is 0 Å². The summed E-state index contributed by atoms with van der Waals surface area (Å²) < 4.78 is 0. The number of nitrogens with one attached hydrogen (secondary N) is 1. The molecule has 0 saturated heterocycles. The van der Waals surface area contributed by atoms with Crippen molar-refractivity contribution in [3.8, 4) is 0 Å². The maximum Gasteiger partial charge on any atom is 0.0562 e. The molecule has 1 N–H and O–H groups in total. The van der Waals surface area contributed by atoms with Gasteiger partial charge in [-0.2, -0.15) is 0 Å². The number of hydrogen-bond acceptors (Lipinski definition) is 2. The van der Waals surface area contributed by atoms with E-state index in [0.717, 1.165) is 11.6 Å². The second-order valence-corrected chi connectivity index (χ2v) is 6.01. The predicted molar refractivity (Wildman–Crippen MR) is 66.9 cm³/mol. The lowest BCUT2D eigenvalue weighted by Crippen LogP contribution is -2.37. The Balaban J connectivity index is 1.91. The second kappa shape index (κ2) is 3.60. The van der Waals surface area contributed by atoms with Crippen molar-refractivity contribution in [2.75, 3.05) is 17.6 Å². The first-order valence-electron chi connectivity index (χ1n) is 5.44. The van der Waals surface area contributed by atoms with Crippen LogP contribution in [0.15, 0.2) is 23.1 Å². The van der Waals surface area contributed by atoms with Crippen LogP contribution in [-0.4, -0.2) is 12.3 Å². The summed E-state index contributed by atoms with van der Waals surface area (Å²) >= 11 is 8.13. The highest BCUT2D eigenvalue weighted by Gasteiger charge is 2.38. The van der Waals surface area contributed by atoms with E-state index in [4.69, 9.17) is 11.6 Å². The van der Waals surface area contributed by atoms with Crippen LogP contribution in [0.1, 0.15) is 19.3 Å². The predicted octanol–water partition coefficient (Wildman–Crippen LogP) is 4.03. The van der Waals surface area contributed by atoms with Gasteiger partial charge in [-0.25, -0.2) is 0 Å².